The fourth-order valence-corrected chi connectivity index (χ4v) is 2.52. The smallest absolute Gasteiger partial charge is 0.173 e. The number of rotatable bonds is 3. The lowest BCUT2D eigenvalue weighted by Gasteiger charge is -2.29. The highest BCUT2D eigenvalue weighted by molar-refractivity contribution is 9.09. The molecule has 17 heavy (non-hydrogen) atoms. The lowest BCUT2D eigenvalue weighted by molar-refractivity contribution is 0.225. The first-order chi connectivity index (χ1) is 8.15. The molecule has 0 fully saturated rings. The molecule has 2 heteroatoms. The van der Waals surface area contributed by atoms with E-state index in [2.05, 4.69) is 15.9 Å². The van der Waals surface area contributed by atoms with Gasteiger partial charge < -0.3 is 0 Å². The Kier molecular flexibility index (Phi) is 3.63. The standard InChI is InChI=1S/C15H14BrF/c1-12(16)15(17,13-8-4-2-5-9-13)14-10-6-3-7-11-14/h2-12H,1H3. The predicted molar refractivity (Wildman–Crippen MR) is 73.2 cm³/mol. The molecule has 0 radical (unpaired) electrons. The molecule has 0 bridgehead atoms. The maximum atomic E-state index is 15.3. The van der Waals surface area contributed by atoms with Gasteiger partial charge in [-0.15, -0.1) is 0 Å². The van der Waals surface area contributed by atoms with Crippen LogP contribution in [0.2, 0.25) is 0 Å². The first-order valence-electron chi connectivity index (χ1n) is 5.59. The third kappa shape index (κ3) is 2.27. The molecule has 0 saturated heterocycles. The number of halogens is 2. The molecule has 0 aromatic heterocycles. The van der Waals surface area contributed by atoms with Crippen molar-refractivity contribution in [2.75, 3.05) is 0 Å². The Hall–Kier alpha value is -1.15. The van der Waals surface area contributed by atoms with Crippen molar-refractivity contribution in [2.45, 2.75) is 17.4 Å². The average Bonchev–Trinajstić information content (AvgIpc) is 2.39. The third-order valence-electron chi connectivity index (χ3n) is 2.94. The van der Waals surface area contributed by atoms with Crippen LogP contribution in [-0.4, -0.2) is 4.83 Å². The SMILES string of the molecule is CC(Br)C(F)(c1ccccc1)c1ccccc1. The minimum atomic E-state index is -1.50. The van der Waals surface area contributed by atoms with Crippen molar-refractivity contribution in [3.05, 3.63) is 71.8 Å². The van der Waals surface area contributed by atoms with Crippen molar-refractivity contribution in [3.8, 4) is 0 Å². The summed E-state index contributed by atoms with van der Waals surface area (Å²) in [6, 6.07) is 18.5. The summed E-state index contributed by atoms with van der Waals surface area (Å²) < 4.78 is 15.3. The molecule has 0 N–H and O–H groups in total. The summed E-state index contributed by atoms with van der Waals surface area (Å²) in [7, 11) is 0. The van der Waals surface area contributed by atoms with Gasteiger partial charge in [0.1, 0.15) is 0 Å². The minimum Gasteiger partial charge on any atom is -0.232 e. The maximum absolute atomic E-state index is 15.3. The van der Waals surface area contributed by atoms with Crippen molar-refractivity contribution in [1.29, 1.82) is 0 Å². The lowest BCUT2D eigenvalue weighted by Crippen LogP contribution is -2.30. The maximum Gasteiger partial charge on any atom is 0.173 e. The Morgan fingerprint density at radius 1 is 0.882 bits per heavy atom. The summed E-state index contributed by atoms with van der Waals surface area (Å²) in [5.41, 5.74) is -0.145. The zero-order chi connectivity index (χ0) is 12.3. The fourth-order valence-electron chi connectivity index (χ4n) is 1.99. The minimum absolute atomic E-state index is 0.292. The van der Waals surface area contributed by atoms with Crippen molar-refractivity contribution in [1.82, 2.24) is 0 Å². The molecule has 0 aliphatic rings. The molecular weight excluding hydrogens is 279 g/mol. The molecule has 1 unspecified atom stereocenters. The summed E-state index contributed by atoms with van der Waals surface area (Å²) >= 11 is 3.40. The first kappa shape index (κ1) is 12.3. The van der Waals surface area contributed by atoms with Crippen LogP contribution in [0.25, 0.3) is 0 Å². The molecule has 0 heterocycles. The van der Waals surface area contributed by atoms with Gasteiger partial charge in [0, 0.05) is 0 Å². The largest absolute Gasteiger partial charge is 0.232 e. The Morgan fingerprint density at radius 2 is 1.24 bits per heavy atom. The predicted octanol–water partition coefficient (Wildman–Crippen LogP) is 4.68. The Morgan fingerprint density at radius 3 is 1.53 bits per heavy atom. The van der Waals surface area contributed by atoms with Crippen LogP contribution in [0, 0.1) is 0 Å². The molecule has 2 aromatic carbocycles. The Labute approximate surface area is 110 Å². The summed E-state index contributed by atoms with van der Waals surface area (Å²) in [4.78, 5) is -0.292. The van der Waals surface area contributed by atoms with Gasteiger partial charge in [-0.1, -0.05) is 76.6 Å². The topological polar surface area (TPSA) is 0 Å². The van der Waals surface area contributed by atoms with Gasteiger partial charge in [-0.25, -0.2) is 4.39 Å². The Balaban J connectivity index is 2.55. The molecule has 0 amide bonds. The summed E-state index contributed by atoms with van der Waals surface area (Å²) in [6.45, 7) is 1.83. The molecule has 0 saturated carbocycles. The third-order valence-corrected chi connectivity index (χ3v) is 3.57. The van der Waals surface area contributed by atoms with Crippen LogP contribution in [0.15, 0.2) is 60.7 Å². The van der Waals surface area contributed by atoms with Crippen molar-refractivity contribution in [3.63, 3.8) is 0 Å². The normalized spacial score (nSPS) is 13.4. The van der Waals surface area contributed by atoms with Gasteiger partial charge in [0.2, 0.25) is 0 Å². The van der Waals surface area contributed by atoms with Crippen LogP contribution in [0.3, 0.4) is 0 Å². The number of benzene rings is 2. The van der Waals surface area contributed by atoms with Crippen LogP contribution in [0.5, 0.6) is 0 Å². The summed E-state index contributed by atoms with van der Waals surface area (Å²) in [5, 5.41) is 0. The van der Waals surface area contributed by atoms with Crippen LogP contribution in [-0.2, 0) is 5.67 Å². The molecule has 1 atom stereocenters. The van der Waals surface area contributed by atoms with E-state index in [1.807, 2.05) is 67.6 Å². The number of hydrogen-bond donors (Lipinski definition) is 0. The quantitative estimate of drug-likeness (QED) is 0.721. The first-order valence-corrected chi connectivity index (χ1v) is 6.51. The van der Waals surface area contributed by atoms with Gasteiger partial charge in [0.05, 0.1) is 4.83 Å². The Bertz CT molecular complexity index is 425. The van der Waals surface area contributed by atoms with Crippen LogP contribution in [0.4, 0.5) is 4.39 Å². The van der Waals surface area contributed by atoms with E-state index in [9.17, 15) is 0 Å². The fraction of sp³-hybridized carbons (Fsp3) is 0.200. The zero-order valence-corrected chi connectivity index (χ0v) is 11.2. The monoisotopic (exact) mass is 292 g/mol. The average molecular weight is 293 g/mol. The second-order valence-corrected chi connectivity index (χ2v) is 5.43. The van der Waals surface area contributed by atoms with Crippen LogP contribution >= 0.6 is 15.9 Å². The molecule has 2 rings (SSSR count). The highest BCUT2D eigenvalue weighted by atomic mass is 79.9. The van der Waals surface area contributed by atoms with E-state index in [0.717, 1.165) is 0 Å². The van der Waals surface area contributed by atoms with E-state index in [-0.39, 0.29) is 4.83 Å². The summed E-state index contributed by atoms with van der Waals surface area (Å²) in [5.74, 6) is 0. The van der Waals surface area contributed by atoms with E-state index in [1.54, 1.807) is 0 Å². The van der Waals surface area contributed by atoms with Gasteiger partial charge in [-0.2, -0.15) is 0 Å². The van der Waals surface area contributed by atoms with Gasteiger partial charge in [-0.3, -0.25) is 0 Å². The number of hydrogen-bond acceptors (Lipinski definition) is 0. The molecule has 2 aromatic rings. The van der Waals surface area contributed by atoms with Gasteiger partial charge >= 0.3 is 0 Å². The molecular formula is C15H14BrF. The van der Waals surface area contributed by atoms with Gasteiger partial charge in [0.25, 0.3) is 0 Å². The van der Waals surface area contributed by atoms with Crippen molar-refractivity contribution >= 4 is 15.9 Å². The molecule has 0 nitrogen and oxygen atoms in total. The van der Waals surface area contributed by atoms with E-state index in [0.29, 0.717) is 11.1 Å². The van der Waals surface area contributed by atoms with E-state index in [4.69, 9.17) is 0 Å². The highest BCUT2D eigenvalue weighted by Crippen LogP contribution is 2.40. The molecule has 0 aliphatic carbocycles. The van der Waals surface area contributed by atoms with Crippen LogP contribution in [0.1, 0.15) is 18.1 Å². The van der Waals surface area contributed by atoms with Crippen LogP contribution < -0.4 is 0 Å². The van der Waals surface area contributed by atoms with Gasteiger partial charge in [0.15, 0.2) is 5.67 Å². The van der Waals surface area contributed by atoms with E-state index in [1.165, 1.54) is 0 Å². The second-order valence-electron chi connectivity index (χ2n) is 4.06. The molecule has 0 spiro atoms. The number of alkyl halides is 2. The van der Waals surface area contributed by atoms with Crippen molar-refractivity contribution < 1.29 is 4.39 Å². The molecule has 88 valence electrons. The van der Waals surface area contributed by atoms with Crippen molar-refractivity contribution in [2.24, 2.45) is 0 Å². The molecule has 0 aliphatic heterocycles. The van der Waals surface area contributed by atoms with E-state index < -0.39 is 5.67 Å². The van der Waals surface area contributed by atoms with Gasteiger partial charge in [-0.05, 0) is 18.1 Å². The zero-order valence-electron chi connectivity index (χ0n) is 9.61. The summed E-state index contributed by atoms with van der Waals surface area (Å²) in [6.07, 6.45) is 0. The highest BCUT2D eigenvalue weighted by Gasteiger charge is 2.38. The second kappa shape index (κ2) is 5.01. The lowest BCUT2D eigenvalue weighted by atomic mass is 9.86. The van der Waals surface area contributed by atoms with E-state index >= 15 is 4.39 Å².